The summed E-state index contributed by atoms with van der Waals surface area (Å²) >= 11 is 0. The van der Waals surface area contributed by atoms with E-state index in [4.69, 9.17) is 4.74 Å². The molecule has 0 aliphatic rings. The monoisotopic (exact) mass is 164 g/mol. The van der Waals surface area contributed by atoms with Crippen molar-refractivity contribution in [3.63, 3.8) is 0 Å². The zero-order chi connectivity index (χ0) is 8.81. The van der Waals surface area contributed by atoms with Crippen LogP contribution in [0.4, 0.5) is 0 Å². The third-order valence-corrected chi connectivity index (χ3v) is 1.49. The van der Waals surface area contributed by atoms with Crippen LogP contribution in [0, 0.1) is 0 Å². The Balaban J connectivity index is 2.41. The summed E-state index contributed by atoms with van der Waals surface area (Å²) in [6, 6.07) is 9.74. The molecule has 1 radical (unpaired) electrons. The molecule has 0 aliphatic heterocycles. The Hall–Kier alpha value is -1.02. The smallest absolute Gasteiger partial charge is 0.162 e. The highest BCUT2D eigenvalue weighted by atomic mass is 16.5. The van der Waals surface area contributed by atoms with E-state index in [1.54, 1.807) is 0 Å². The molecule has 0 bridgehead atoms. The Morgan fingerprint density at radius 1 is 1.33 bits per heavy atom. The summed E-state index contributed by atoms with van der Waals surface area (Å²) in [5, 5.41) is 4.20. The molecule has 1 rings (SSSR count). The molecule has 0 heterocycles. The molecular weight excluding hydrogens is 150 g/mol. The molecule has 0 amide bonds. The van der Waals surface area contributed by atoms with E-state index in [-0.39, 0.29) is 6.23 Å². The molecule has 1 unspecified atom stereocenters. The standard InChI is InChI=1S/C10H14NO/c1-3-11-9(2)12-10-7-5-4-6-8-10/h4-9H,3H2,1-2H3. The van der Waals surface area contributed by atoms with E-state index >= 15 is 0 Å². The second-order valence-electron chi connectivity index (χ2n) is 2.53. The SMILES string of the molecule is CC[N]C(C)Oc1ccccc1. The van der Waals surface area contributed by atoms with Crippen molar-refractivity contribution in [1.82, 2.24) is 5.32 Å². The first-order chi connectivity index (χ1) is 5.83. The van der Waals surface area contributed by atoms with E-state index in [9.17, 15) is 0 Å². The molecular formula is C10H14NO. The van der Waals surface area contributed by atoms with Crippen molar-refractivity contribution >= 4 is 0 Å². The van der Waals surface area contributed by atoms with Gasteiger partial charge in [0.15, 0.2) is 6.23 Å². The average Bonchev–Trinajstić information content (AvgIpc) is 2.06. The summed E-state index contributed by atoms with van der Waals surface area (Å²) < 4.78 is 5.49. The Morgan fingerprint density at radius 2 is 2.00 bits per heavy atom. The summed E-state index contributed by atoms with van der Waals surface area (Å²) in [7, 11) is 0. The molecule has 12 heavy (non-hydrogen) atoms. The minimum absolute atomic E-state index is 0.0441. The summed E-state index contributed by atoms with van der Waals surface area (Å²) in [5.74, 6) is 0.877. The van der Waals surface area contributed by atoms with Gasteiger partial charge in [0.1, 0.15) is 5.75 Å². The lowest BCUT2D eigenvalue weighted by Crippen LogP contribution is -2.24. The van der Waals surface area contributed by atoms with E-state index in [1.807, 2.05) is 44.2 Å². The maximum absolute atomic E-state index is 5.49. The lowest BCUT2D eigenvalue weighted by atomic mass is 10.3. The molecule has 0 aliphatic carbocycles. The summed E-state index contributed by atoms with van der Waals surface area (Å²) in [6.07, 6.45) is -0.0441. The predicted octanol–water partition coefficient (Wildman–Crippen LogP) is 2.04. The maximum Gasteiger partial charge on any atom is 0.162 e. The van der Waals surface area contributed by atoms with Crippen molar-refractivity contribution in [3.8, 4) is 5.75 Å². The first-order valence-electron chi connectivity index (χ1n) is 4.21. The Kier molecular flexibility index (Phi) is 3.61. The Morgan fingerprint density at radius 3 is 2.58 bits per heavy atom. The molecule has 0 fully saturated rings. The normalized spacial score (nSPS) is 12.5. The number of para-hydroxylation sites is 1. The summed E-state index contributed by atoms with van der Waals surface area (Å²) in [5.41, 5.74) is 0. The van der Waals surface area contributed by atoms with Crippen LogP contribution >= 0.6 is 0 Å². The molecule has 0 saturated heterocycles. The van der Waals surface area contributed by atoms with Gasteiger partial charge >= 0.3 is 0 Å². The fourth-order valence-corrected chi connectivity index (χ4v) is 0.990. The van der Waals surface area contributed by atoms with E-state index < -0.39 is 0 Å². The third kappa shape index (κ3) is 2.93. The summed E-state index contributed by atoms with van der Waals surface area (Å²) in [6.45, 7) is 4.75. The fraction of sp³-hybridized carbons (Fsp3) is 0.400. The quantitative estimate of drug-likeness (QED) is 0.668. The van der Waals surface area contributed by atoms with E-state index in [0.29, 0.717) is 0 Å². The second kappa shape index (κ2) is 4.78. The largest absolute Gasteiger partial charge is 0.474 e. The molecule has 1 atom stereocenters. The number of nitrogens with zero attached hydrogens (tertiary/aromatic N) is 1. The molecule has 65 valence electrons. The Labute approximate surface area is 73.6 Å². The highest BCUT2D eigenvalue weighted by Crippen LogP contribution is 2.09. The van der Waals surface area contributed by atoms with Crippen LogP contribution in [0.2, 0.25) is 0 Å². The zero-order valence-electron chi connectivity index (χ0n) is 7.53. The van der Waals surface area contributed by atoms with Gasteiger partial charge in [-0.15, -0.1) is 0 Å². The molecule has 1 aromatic carbocycles. The molecule has 0 spiro atoms. The molecule has 1 aromatic rings. The molecule has 2 heteroatoms. The number of benzene rings is 1. The van der Waals surface area contributed by atoms with Crippen molar-refractivity contribution < 1.29 is 4.74 Å². The van der Waals surface area contributed by atoms with Crippen molar-refractivity contribution in [1.29, 1.82) is 0 Å². The highest BCUT2D eigenvalue weighted by molar-refractivity contribution is 5.21. The molecule has 0 aromatic heterocycles. The van der Waals surface area contributed by atoms with Gasteiger partial charge in [-0.05, 0) is 19.1 Å². The van der Waals surface area contributed by atoms with Crippen LogP contribution in [-0.4, -0.2) is 12.8 Å². The number of rotatable bonds is 4. The fourth-order valence-electron chi connectivity index (χ4n) is 0.990. The van der Waals surface area contributed by atoms with E-state index in [0.717, 1.165) is 12.3 Å². The minimum atomic E-state index is -0.0441. The van der Waals surface area contributed by atoms with Crippen molar-refractivity contribution in [2.24, 2.45) is 0 Å². The van der Waals surface area contributed by atoms with Crippen LogP contribution in [0.5, 0.6) is 5.75 Å². The van der Waals surface area contributed by atoms with Gasteiger partial charge in [-0.3, -0.25) is 0 Å². The maximum atomic E-state index is 5.49. The minimum Gasteiger partial charge on any atom is -0.474 e. The van der Waals surface area contributed by atoms with Gasteiger partial charge in [0.2, 0.25) is 0 Å². The number of hydrogen-bond donors (Lipinski definition) is 0. The zero-order valence-corrected chi connectivity index (χ0v) is 7.53. The van der Waals surface area contributed by atoms with Gasteiger partial charge in [-0.25, -0.2) is 5.32 Å². The van der Waals surface area contributed by atoms with Crippen molar-refractivity contribution in [3.05, 3.63) is 30.3 Å². The van der Waals surface area contributed by atoms with Crippen LogP contribution in [0.25, 0.3) is 0 Å². The van der Waals surface area contributed by atoms with E-state index in [1.165, 1.54) is 0 Å². The van der Waals surface area contributed by atoms with Crippen LogP contribution in [0.3, 0.4) is 0 Å². The van der Waals surface area contributed by atoms with Gasteiger partial charge < -0.3 is 4.74 Å². The van der Waals surface area contributed by atoms with Crippen LogP contribution in [0.1, 0.15) is 13.8 Å². The highest BCUT2D eigenvalue weighted by Gasteiger charge is 2.00. The third-order valence-electron chi connectivity index (χ3n) is 1.49. The Bertz CT molecular complexity index is 210. The van der Waals surface area contributed by atoms with Gasteiger partial charge in [0.05, 0.1) is 0 Å². The molecule has 0 saturated carbocycles. The number of ether oxygens (including phenoxy) is 1. The van der Waals surface area contributed by atoms with E-state index in [2.05, 4.69) is 5.32 Å². The topological polar surface area (TPSA) is 23.3 Å². The van der Waals surface area contributed by atoms with Crippen molar-refractivity contribution in [2.75, 3.05) is 6.54 Å². The van der Waals surface area contributed by atoms with Gasteiger partial charge in [-0.2, -0.15) is 0 Å². The molecule has 0 N–H and O–H groups in total. The average molecular weight is 164 g/mol. The first kappa shape index (κ1) is 9.07. The van der Waals surface area contributed by atoms with Gasteiger partial charge in [-0.1, -0.05) is 25.1 Å². The predicted molar refractivity (Wildman–Crippen MR) is 49.2 cm³/mol. The van der Waals surface area contributed by atoms with Gasteiger partial charge in [0.25, 0.3) is 0 Å². The van der Waals surface area contributed by atoms with Crippen LogP contribution in [0.15, 0.2) is 30.3 Å². The van der Waals surface area contributed by atoms with Crippen LogP contribution < -0.4 is 10.1 Å². The lowest BCUT2D eigenvalue weighted by Gasteiger charge is -2.12. The first-order valence-corrected chi connectivity index (χ1v) is 4.21. The summed E-state index contributed by atoms with van der Waals surface area (Å²) in [4.78, 5) is 0. The molecule has 2 nitrogen and oxygen atoms in total. The van der Waals surface area contributed by atoms with Crippen LogP contribution in [-0.2, 0) is 0 Å². The number of hydrogen-bond acceptors (Lipinski definition) is 1. The van der Waals surface area contributed by atoms with Gasteiger partial charge in [0, 0.05) is 6.54 Å². The second-order valence-corrected chi connectivity index (χ2v) is 2.53. The van der Waals surface area contributed by atoms with Crippen molar-refractivity contribution in [2.45, 2.75) is 20.1 Å². The lowest BCUT2D eigenvalue weighted by molar-refractivity contribution is 0.181.